The SMILES string of the molecule is CC(C)(C)OC(=O)N1CCN(c2c(CCO)[nH]c3nc(Br)nn3c2=O)CC1.COC(=O)Cc1[nH]c2nc(Br)nn2c(=O)c1N1CCN(C(=O)OC(C)(C)C)CC1. The van der Waals surface area contributed by atoms with E-state index in [9.17, 15) is 29.1 Å². The molecule has 0 aliphatic carbocycles. The Labute approximate surface area is 337 Å². The van der Waals surface area contributed by atoms with Gasteiger partial charge in [-0.15, -0.1) is 10.2 Å². The number of hydrogen-bond donors (Lipinski definition) is 3. The van der Waals surface area contributed by atoms with E-state index in [1.807, 2.05) is 51.3 Å². The molecule has 56 heavy (non-hydrogen) atoms. The number of anilines is 2. The molecule has 4 aromatic heterocycles. The minimum atomic E-state index is -0.579. The molecule has 0 unspecified atom stereocenters. The van der Waals surface area contributed by atoms with Crippen LogP contribution in [0.2, 0.25) is 0 Å². The predicted molar refractivity (Wildman–Crippen MR) is 209 cm³/mol. The minimum absolute atomic E-state index is 0.105. The van der Waals surface area contributed by atoms with Crippen LogP contribution in [0.1, 0.15) is 52.9 Å². The summed E-state index contributed by atoms with van der Waals surface area (Å²) in [6.45, 7) is 14.2. The van der Waals surface area contributed by atoms with Crippen LogP contribution < -0.4 is 20.9 Å². The first-order chi connectivity index (χ1) is 26.3. The number of ether oxygens (including phenoxy) is 3. The van der Waals surface area contributed by atoms with Crippen LogP contribution in [0.15, 0.2) is 19.1 Å². The van der Waals surface area contributed by atoms with E-state index in [1.54, 1.807) is 9.80 Å². The molecule has 0 saturated carbocycles. The Morgan fingerprint density at radius 3 is 1.46 bits per heavy atom. The van der Waals surface area contributed by atoms with Crippen LogP contribution >= 0.6 is 31.9 Å². The van der Waals surface area contributed by atoms with Crippen LogP contribution in [-0.2, 0) is 31.8 Å². The Hall–Kier alpha value is -4.77. The van der Waals surface area contributed by atoms with Crippen LogP contribution in [-0.4, -0.2) is 150 Å². The van der Waals surface area contributed by atoms with E-state index in [0.717, 1.165) is 4.52 Å². The number of H-pyrrole nitrogens is 2. The molecule has 2 saturated heterocycles. The van der Waals surface area contributed by atoms with Crippen LogP contribution in [0, 0.1) is 0 Å². The van der Waals surface area contributed by atoms with Gasteiger partial charge in [0.15, 0.2) is 0 Å². The lowest BCUT2D eigenvalue weighted by atomic mass is 10.2. The van der Waals surface area contributed by atoms with Crippen molar-refractivity contribution in [3.05, 3.63) is 41.6 Å². The lowest BCUT2D eigenvalue weighted by Crippen LogP contribution is -2.51. The molecule has 6 rings (SSSR count). The fraction of sp³-hybridized carbons (Fsp3) is 0.606. The van der Waals surface area contributed by atoms with E-state index in [0.29, 0.717) is 85.6 Å². The van der Waals surface area contributed by atoms with Crippen molar-refractivity contribution in [3.8, 4) is 0 Å². The van der Waals surface area contributed by atoms with Gasteiger partial charge in [-0.25, -0.2) is 9.59 Å². The summed E-state index contributed by atoms with van der Waals surface area (Å²) in [6, 6.07) is 0. The zero-order valence-corrected chi connectivity index (χ0v) is 35.4. The summed E-state index contributed by atoms with van der Waals surface area (Å²) in [5, 5.41) is 17.5. The smallest absolute Gasteiger partial charge is 0.410 e. The molecule has 3 N–H and O–H groups in total. The van der Waals surface area contributed by atoms with Gasteiger partial charge in [0.25, 0.3) is 11.1 Å². The molecule has 6 heterocycles. The van der Waals surface area contributed by atoms with Gasteiger partial charge in [-0.05, 0) is 73.4 Å². The van der Waals surface area contributed by atoms with Crippen molar-refractivity contribution in [1.29, 1.82) is 0 Å². The summed E-state index contributed by atoms with van der Waals surface area (Å²) >= 11 is 6.32. The second-order valence-electron chi connectivity index (χ2n) is 14.9. The highest BCUT2D eigenvalue weighted by Crippen LogP contribution is 2.22. The quantitative estimate of drug-likeness (QED) is 0.185. The Morgan fingerprint density at radius 1 is 0.696 bits per heavy atom. The Morgan fingerprint density at radius 2 is 1.09 bits per heavy atom. The number of rotatable bonds is 6. The maximum absolute atomic E-state index is 13.1. The van der Waals surface area contributed by atoms with Crippen molar-refractivity contribution in [2.45, 2.75) is 65.6 Å². The lowest BCUT2D eigenvalue weighted by molar-refractivity contribution is -0.139. The van der Waals surface area contributed by atoms with Crippen LogP contribution in [0.5, 0.6) is 0 Å². The normalized spacial score (nSPS) is 15.2. The second kappa shape index (κ2) is 17.2. The zero-order valence-electron chi connectivity index (χ0n) is 32.2. The summed E-state index contributed by atoms with van der Waals surface area (Å²) in [4.78, 5) is 83.6. The average molecular weight is 915 g/mol. The van der Waals surface area contributed by atoms with Gasteiger partial charge in [0.1, 0.15) is 22.6 Å². The number of hydrogen-bond acceptors (Lipinski definition) is 15. The third kappa shape index (κ3) is 10.1. The molecule has 21 nitrogen and oxygen atoms in total. The first-order valence-electron chi connectivity index (χ1n) is 17.8. The first kappa shape index (κ1) is 42.4. The maximum atomic E-state index is 13.1. The summed E-state index contributed by atoms with van der Waals surface area (Å²) in [7, 11) is 1.28. The number of aromatic amines is 2. The summed E-state index contributed by atoms with van der Waals surface area (Å²) < 4.78 is 18.4. The van der Waals surface area contributed by atoms with E-state index in [4.69, 9.17) is 14.2 Å². The molecular formula is C33H46Br2N12O9. The van der Waals surface area contributed by atoms with Crippen molar-refractivity contribution in [2.75, 3.05) is 75.9 Å². The summed E-state index contributed by atoms with van der Waals surface area (Å²) in [5.41, 5.74) is -0.101. The molecule has 4 aromatic rings. The Balaban J connectivity index is 0.000000215. The highest BCUT2D eigenvalue weighted by Gasteiger charge is 2.31. The number of aromatic nitrogens is 8. The van der Waals surface area contributed by atoms with Crippen molar-refractivity contribution >= 4 is 72.9 Å². The van der Waals surface area contributed by atoms with Gasteiger partial charge in [-0.3, -0.25) is 14.4 Å². The number of carbonyl (C=O) groups excluding carboxylic acids is 3. The van der Waals surface area contributed by atoms with Crippen LogP contribution in [0.4, 0.5) is 21.0 Å². The maximum Gasteiger partial charge on any atom is 0.410 e. The number of nitrogens with zero attached hydrogens (tertiary/aromatic N) is 10. The monoisotopic (exact) mass is 912 g/mol. The predicted octanol–water partition coefficient (Wildman–Crippen LogP) is 1.72. The summed E-state index contributed by atoms with van der Waals surface area (Å²) in [5.74, 6) is 0.0422. The number of fused-ring (bicyclic) bond motifs is 2. The standard InChI is InChI=1S/C17H23BrN6O5.C16H23BrN6O4/c1-17(2,3)29-16(27)23-7-5-22(6-8-23)12-10(9-11(25)28-4)19-15-20-14(18)21-24(15)13(12)26;1-16(2,3)27-15(26)22-7-5-21(6-8-22)11-10(4-9-24)18-14-19-13(17)20-23(14)12(11)25/h5-9H2,1-4H3,(H,19,20,21);24H,4-9H2,1-3H3,(H,18,19,20). The molecule has 0 radical (unpaired) electrons. The molecule has 2 amide bonds. The number of nitrogens with one attached hydrogen (secondary N) is 2. The van der Waals surface area contributed by atoms with Crippen LogP contribution in [0.3, 0.4) is 0 Å². The number of esters is 1. The van der Waals surface area contributed by atoms with Gasteiger partial charge in [0.05, 0.1) is 19.2 Å². The zero-order chi connectivity index (χ0) is 41.1. The molecule has 0 aromatic carbocycles. The number of piperazine rings is 2. The van der Waals surface area contributed by atoms with E-state index >= 15 is 0 Å². The number of aliphatic hydroxyl groups is 1. The van der Waals surface area contributed by atoms with Gasteiger partial charge in [0.2, 0.25) is 21.0 Å². The van der Waals surface area contributed by atoms with Gasteiger partial charge in [-0.1, -0.05) is 0 Å². The number of methoxy groups -OCH3 is 1. The van der Waals surface area contributed by atoms with E-state index in [1.165, 1.54) is 11.6 Å². The number of aliphatic hydroxyl groups excluding tert-OH is 1. The van der Waals surface area contributed by atoms with E-state index < -0.39 is 28.8 Å². The first-order valence-corrected chi connectivity index (χ1v) is 19.4. The Kier molecular flexibility index (Phi) is 13.0. The largest absolute Gasteiger partial charge is 0.469 e. The minimum Gasteiger partial charge on any atom is -0.469 e. The third-order valence-electron chi connectivity index (χ3n) is 8.46. The van der Waals surface area contributed by atoms with Crippen molar-refractivity contribution in [3.63, 3.8) is 0 Å². The van der Waals surface area contributed by atoms with E-state index in [2.05, 4.69) is 62.0 Å². The van der Waals surface area contributed by atoms with Gasteiger partial charge in [0, 0.05) is 71.1 Å². The molecule has 2 fully saturated rings. The lowest BCUT2D eigenvalue weighted by Gasteiger charge is -2.36. The van der Waals surface area contributed by atoms with Gasteiger partial charge >= 0.3 is 18.2 Å². The van der Waals surface area contributed by atoms with Gasteiger partial charge in [-0.2, -0.15) is 19.0 Å². The van der Waals surface area contributed by atoms with Crippen LogP contribution in [0.25, 0.3) is 11.6 Å². The number of carbonyl (C=O) groups is 3. The molecule has 23 heteroatoms. The molecule has 306 valence electrons. The molecule has 2 aliphatic rings. The molecule has 0 spiro atoms. The second-order valence-corrected chi connectivity index (χ2v) is 16.3. The van der Waals surface area contributed by atoms with Crippen molar-refractivity contribution in [2.24, 2.45) is 0 Å². The topological polar surface area (TPSA) is 238 Å². The summed E-state index contributed by atoms with van der Waals surface area (Å²) in [6.07, 6.45) is -0.578. The van der Waals surface area contributed by atoms with Crippen molar-refractivity contribution < 1.29 is 33.7 Å². The van der Waals surface area contributed by atoms with Crippen molar-refractivity contribution in [1.82, 2.24) is 49.0 Å². The fourth-order valence-electron chi connectivity index (χ4n) is 6.03. The highest BCUT2D eigenvalue weighted by molar-refractivity contribution is 9.10. The fourth-order valence-corrected chi connectivity index (χ4v) is 6.69. The highest BCUT2D eigenvalue weighted by atomic mass is 79.9. The molecule has 0 bridgehead atoms. The molecular weight excluding hydrogens is 868 g/mol. The van der Waals surface area contributed by atoms with E-state index in [-0.39, 0.29) is 41.6 Å². The molecule has 2 aliphatic heterocycles. The number of halogens is 2. The van der Waals surface area contributed by atoms with Gasteiger partial charge < -0.3 is 48.9 Å². The average Bonchev–Trinajstić information content (AvgIpc) is 3.69. The third-order valence-corrected chi connectivity index (χ3v) is 9.13. The Bertz CT molecular complexity index is 2190. The number of amides is 2. The molecule has 0 atom stereocenters.